The van der Waals surface area contributed by atoms with Crippen molar-refractivity contribution in [1.29, 1.82) is 0 Å². The predicted molar refractivity (Wildman–Crippen MR) is 79.9 cm³/mol. The van der Waals surface area contributed by atoms with Crippen molar-refractivity contribution in [3.8, 4) is 0 Å². The summed E-state index contributed by atoms with van der Waals surface area (Å²) in [6.45, 7) is 2.76. The van der Waals surface area contributed by atoms with Gasteiger partial charge in [-0.15, -0.1) is 0 Å². The zero-order valence-corrected chi connectivity index (χ0v) is 13.0. The molecule has 0 aliphatic carbocycles. The normalized spacial score (nSPS) is 10.4. The van der Waals surface area contributed by atoms with Gasteiger partial charge in [-0.25, -0.2) is 0 Å². The van der Waals surface area contributed by atoms with Gasteiger partial charge in [-0.05, 0) is 53.2 Å². The quantitative estimate of drug-likeness (QED) is 0.858. The Morgan fingerprint density at radius 1 is 1.22 bits per heavy atom. The van der Waals surface area contributed by atoms with Gasteiger partial charge in [-0.3, -0.25) is 4.79 Å². The highest BCUT2D eigenvalue weighted by atomic mass is 79.9. The summed E-state index contributed by atoms with van der Waals surface area (Å²) in [6, 6.07) is 9.32. The van der Waals surface area contributed by atoms with E-state index < -0.39 is 0 Å². The lowest BCUT2D eigenvalue weighted by Crippen LogP contribution is -2.16. The fourth-order valence-electron chi connectivity index (χ4n) is 1.66. The fourth-order valence-corrected chi connectivity index (χ4v) is 2.38. The second-order valence-electron chi connectivity index (χ2n) is 3.79. The molecule has 0 atom stereocenters. The van der Waals surface area contributed by atoms with E-state index in [1.54, 1.807) is 0 Å². The molecule has 3 nitrogen and oxygen atoms in total. The molecular formula is C13H12Br2N2O. The van der Waals surface area contributed by atoms with Gasteiger partial charge in [-0.2, -0.15) is 0 Å². The molecule has 1 amide bonds. The van der Waals surface area contributed by atoms with E-state index in [0.717, 1.165) is 21.2 Å². The lowest BCUT2D eigenvalue weighted by molar-refractivity contribution is 0.101. The number of aryl methyl sites for hydroxylation is 1. The number of anilines is 1. The number of nitrogens with one attached hydrogen (secondary N) is 1. The SMILES string of the molecule is CCn1cc(Br)cc1C(=O)Nc1ccc(Br)cc1. The van der Waals surface area contributed by atoms with Crippen molar-refractivity contribution in [2.24, 2.45) is 0 Å². The molecule has 0 aliphatic heterocycles. The van der Waals surface area contributed by atoms with Crippen LogP contribution in [0, 0.1) is 0 Å². The summed E-state index contributed by atoms with van der Waals surface area (Å²) >= 11 is 6.74. The smallest absolute Gasteiger partial charge is 0.272 e. The first kappa shape index (κ1) is 13.4. The molecule has 1 N–H and O–H groups in total. The average molecular weight is 372 g/mol. The Kier molecular flexibility index (Phi) is 4.24. The van der Waals surface area contributed by atoms with Gasteiger partial charge in [0, 0.05) is 27.4 Å². The molecule has 18 heavy (non-hydrogen) atoms. The van der Waals surface area contributed by atoms with Crippen molar-refractivity contribution < 1.29 is 4.79 Å². The van der Waals surface area contributed by atoms with E-state index in [0.29, 0.717) is 5.69 Å². The maximum absolute atomic E-state index is 12.1. The molecule has 0 radical (unpaired) electrons. The average Bonchev–Trinajstić information content (AvgIpc) is 2.73. The Bertz CT molecular complexity index is 561. The molecule has 1 heterocycles. The first-order valence-corrected chi connectivity index (χ1v) is 7.11. The molecule has 2 rings (SSSR count). The third-order valence-electron chi connectivity index (χ3n) is 2.54. The maximum Gasteiger partial charge on any atom is 0.272 e. The van der Waals surface area contributed by atoms with E-state index in [2.05, 4.69) is 37.2 Å². The summed E-state index contributed by atoms with van der Waals surface area (Å²) in [5.41, 5.74) is 1.43. The number of aromatic nitrogens is 1. The lowest BCUT2D eigenvalue weighted by atomic mass is 10.3. The van der Waals surface area contributed by atoms with Crippen molar-refractivity contribution in [1.82, 2.24) is 4.57 Å². The Hall–Kier alpha value is -1.07. The largest absolute Gasteiger partial charge is 0.343 e. The van der Waals surface area contributed by atoms with Crippen molar-refractivity contribution >= 4 is 43.5 Å². The summed E-state index contributed by atoms with van der Waals surface area (Å²) < 4.78 is 3.80. The van der Waals surface area contributed by atoms with Crippen molar-refractivity contribution in [3.63, 3.8) is 0 Å². The van der Waals surface area contributed by atoms with E-state index in [1.165, 1.54) is 0 Å². The van der Waals surface area contributed by atoms with Gasteiger partial charge in [0.25, 0.3) is 5.91 Å². The van der Waals surface area contributed by atoms with Crippen LogP contribution in [0.4, 0.5) is 5.69 Å². The first-order chi connectivity index (χ1) is 8.60. The minimum atomic E-state index is -0.107. The van der Waals surface area contributed by atoms with Crippen LogP contribution in [0.5, 0.6) is 0 Å². The monoisotopic (exact) mass is 370 g/mol. The van der Waals surface area contributed by atoms with E-state index >= 15 is 0 Å². The number of rotatable bonds is 3. The highest BCUT2D eigenvalue weighted by Crippen LogP contribution is 2.18. The molecule has 2 aromatic rings. The topological polar surface area (TPSA) is 34.0 Å². The summed E-state index contributed by atoms with van der Waals surface area (Å²) in [7, 11) is 0. The van der Waals surface area contributed by atoms with Gasteiger partial charge >= 0.3 is 0 Å². The predicted octanol–water partition coefficient (Wildman–Crippen LogP) is 4.29. The number of carbonyl (C=O) groups excluding carboxylic acids is 1. The number of nitrogens with zero attached hydrogens (tertiary/aromatic N) is 1. The molecule has 0 aliphatic rings. The molecule has 0 saturated heterocycles. The minimum absolute atomic E-state index is 0.107. The summed E-state index contributed by atoms with van der Waals surface area (Å²) in [6.07, 6.45) is 1.90. The highest BCUT2D eigenvalue weighted by molar-refractivity contribution is 9.10. The van der Waals surface area contributed by atoms with Crippen LogP contribution < -0.4 is 5.32 Å². The Balaban J connectivity index is 2.19. The lowest BCUT2D eigenvalue weighted by Gasteiger charge is -2.07. The number of amides is 1. The Labute approximate surface area is 122 Å². The van der Waals surface area contributed by atoms with E-state index in [1.807, 2.05) is 48.0 Å². The molecule has 5 heteroatoms. The fraction of sp³-hybridized carbons (Fsp3) is 0.154. The van der Waals surface area contributed by atoms with Crippen LogP contribution in [0.2, 0.25) is 0 Å². The Morgan fingerprint density at radius 3 is 2.50 bits per heavy atom. The van der Waals surface area contributed by atoms with Crippen LogP contribution in [-0.2, 0) is 6.54 Å². The minimum Gasteiger partial charge on any atom is -0.343 e. The van der Waals surface area contributed by atoms with E-state index in [4.69, 9.17) is 0 Å². The molecule has 0 fully saturated rings. The number of halogens is 2. The van der Waals surface area contributed by atoms with Gasteiger partial charge < -0.3 is 9.88 Å². The number of benzene rings is 1. The molecular weight excluding hydrogens is 360 g/mol. The number of carbonyl (C=O) groups is 1. The first-order valence-electron chi connectivity index (χ1n) is 5.52. The van der Waals surface area contributed by atoms with Crippen LogP contribution in [-0.4, -0.2) is 10.5 Å². The van der Waals surface area contributed by atoms with Gasteiger partial charge in [0.1, 0.15) is 5.69 Å². The van der Waals surface area contributed by atoms with Crippen LogP contribution in [0.1, 0.15) is 17.4 Å². The summed E-state index contributed by atoms with van der Waals surface area (Å²) in [5.74, 6) is -0.107. The summed E-state index contributed by atoms with van der Waals surface area (Å²) in [4.78, 5) is 12.1. The van der Waals surface area contributed by atoms with Gasteiger partial charge in [0.2, 0.25) is 0 Å². The third kappa shape index (κ3) is 3.03. The molecule has 1 aromatic carbocycles. The van der Waals surface area contributed by atoms with Crippen LogP contribution >= 0.6 is 31.9 Å². The maximum atomic E-state index is 12.1. The Morgan fingerprint density at radius 2 is 1.89 bits per heavy atom. The summed E-state index contributed by atoms with van der Waals surface area (Å²) in [5, 5.41) is 2.87. The molecule has 1 aromatic heterocycles. The zero-order valence-electron chi connectivity index (χ0n) is 9.78. The molecule has 0 unspecified atom stereocenters. The highest BCUT2D eigenvalue weighted by Gasteiger charge is 2.12. The van der Waals surface area contributed by atoms with E-state index in [-0.39, 0.29) is 5.91 Å². The van der Waals surface area contributed by atoms with Crippen molar-refractivity contribution in [3.05, 3.63) is 51.2 Å². The number of hydrogen-bond donors (Lipinski definition) is 1. The molecule has 0 saturated carbocycles. The van der Waals surface area contributed by atoms with Gasteiger partial charge in [0.05, 0.1) is 0 Å². The third-order valence-corrected chi connectivity index (χ3v) is 3.50. The van der Waals surface area contributed by atoms with Crippen LogP contribution in [0.15, 0.2) is 45.5 Å². The number of hydrogen-bond acceptors (Lipinski definition) is 1. The molecule has 0 spiro atoms. The molecule has 94 valence electrons. The van der Waals surface area contributed by atoms with Crippen LogP contribution in [0.3, 0.4) is 0 Å². The van der Waals surface area contributed by atoms with Gasteiger partial charge in [0.15, 0.2) is 0 Å². The van der Waals surface area contributed by atoms with E-state index in [9.17, 15) is 4.79 Å². The van der Waals surface area contributed by atoms with Crippen LogP contribution in [0.25, 0.3) is 0 Å². The zero-order chi connectivity index (χ0) is 13.1. The molecule has 0 bridgehead atoms. The second kappa shape index (κ2) is 5.71. The van der Waals surface area contributed by atoms with Crippen molar-refractivity contribution in [2.45, 2.75) is 13.5 Å². The standard InChI is InChI=1S/C13H12Br2N2O/c1-2-17-8-10(15)7-12(17)13(18)16-11-5-3-9(14)4-6-11/h3-8H,2H2,1H3,(H,16,18). The second-order valence-corrected chi connectivity index (χ2v) is 5.62. The van der Waals surface area contributed by atoms with Gasteiger partial charge in [-0.1, -0.05) is 15.9 Å². The van der Waals surface area contributed by atoms with Crippen molar-refractivity contribution in [2.75, 3.05) is 5.32 Å².